The second-order valence-corrected chi connectivity index (χ2v) is 11.2. The lowest BCUT2D eigenvalue weighted by Gasteiger charge is -2.34. The molecule has 2 atom stereocenters. The first-order chi connectivity index (χ1) is 16.0. The average molecular weight is 499 g/mol. The van der Waals surface area contributed by atoms with Gasteiger partial charge in [-0.25, -0.2) is 12.8 Å². The Balaban J connectivity index is 1.36. The highest BCUT2D eigenvalue weighted by Gasteiger charge is 2.48. The molecule has 10 heteroatoms. The average Bonchev–Trinajstić information content (AvgIpc) is 3.31. The van der Waals surface area contributed by atoms with Crippen molar-refractivity contribution in [2.75, 3.05) is 0 Å². The van der Waals surface area contributed by atoms with Gasteiger partial charge in [-0.05, 0) is 62.3 Å². The van der Waals surface area contributed by atoms with Crippen molar-refractivity contribution in [3.63, 3.8) is 0 Å². The number of amides is 1. The molecule has 1 saturated heterocycles. The van der Waals surface area contributed by atoms with Crippen LogP contribution in [0.5, 0.6) is 0 Å². The molecule has 0 radical (unpaired) electrons. The monoisotopic (exact) mass is 498 g/mol. The number of carbonyl (C=O) groups excluding carboxylic acids is 1. The molecule has 2 fully saturated rings. The van der Waals surface area contributed by atoms with Crippen LogP contribution >= 0.6 is 0 Å². The summed E-state index contributed by atoms with van der Waals surface area (Å²) in [7, 11) is -4.64. The van der Waals surface area contributed by atoms with Crippen LogP contribution in [0.2, 0.25) is 0 Å². The molecule has 1 amide bonds. The maximum Gasteiger partial charge on any atom is 0.416 e. The molecule has 0 aromatic heterocycles. The molecule has 2 aromatic carbocycles. The zero-order valence-corrected chi connectivity index (χ0v) is 19.1. The minimum atomic E-state index is -4.73. The van der Waals surface area contributed by atoms with Crippen LogP contribution in [0.3, 0.4) is 0 Å². The Morgan fingerprint density at radius 2 is 1.65 bits per heavy atom. The van der Waals surface area contributed by atoms with Crippen LogP contribution in [0.1, 0.15) is 55.7 Å². The summed E-state index contributed by atoms with van der Waals surface area (Å²) in [6.07, 6.45) is -3.93. The molecular formula is C24H26F4N2O3S. The van der Waals surface area contributed by atoms with Crippen LogP contribution in [-0.2, 0) is 20.8 Å². The van der Waals surface area contributed by atoms with E-state index in [0.717, 1.165) is 30.2 Å². The second-order valence-electron chi connectivity index (χ2n) is 8.95. The van der Waals surface area contributed by atoms with E-state index in [1.165, 1.54) is 0 Å². The molecule has 0 bridgehead atoms. The van der Waals surface area contributed by atoms with Crippen molar-refractivity contribution < 1.29 is 30.8 Å². The molecular weight excluding hydrogens is 472 g/mol. The molecule has 5 nitrogen and oxygen atoms in total. The Labute approximate surface area is 195 Å². The SMILES string of the molecule is O=C(N[C@H]1CC[C@](F)(S(=O)(=O)c2cccc(C(F)(F)F)c2)CC1)[C@H]1CC[C@@H](c2ccccc2)N1. The number of benzene rings is 2. The number of nitrogens with one attached hydrogen (secondary N) is 2. The molecule has 4 rings (SSSR count). The van der Waals surface area contributed by atoms with Crippen LogP contribution in [0, 0.1) is 0 Å². The van der Waals surface area contributed by atoms with Crippen molar-refractivity contribution >= 4 is 15.7 Å². The molecule has 2 aliphatic rings. The van der Waals surface area contributed by atoms with Crippen molar-refractivity contribution in [2.45, 2.75) is 72.7 Å². The fourth-order valence-electron chi connectivity index (χ4n) is 4.71. The van der Waals surface area contributed by atoms with E-state index in [4.69, 9.17) is 0 Å². The van der Waals surface area contributed by atoms with Crippen LogP contribution in [0.25, 0.3) is 0 Å². The van der Waals surface area contributed by atoms with Gasteiger partial charge in [0.15, 0.2) is 0 Å². The van der Waals surface area contributed by atoms with E-state index in [9.17, 15) is 26.4 Å². The lowest BCUT2D eigenvalue weighted by atomic mass is 9.93. The summed E-state index contributed by atoms with van der Waals surface area (Å²) in [5.74, 6) is -0.212. The first-order valence-corrected chi connectivity index (χ1v) is 12.7. The van der Waals surface area contributed by atoms with E-state index in [1.54, 1.807) is 0 Å². The number of hydrogen-bond acceptors (Lipinski definition) is 4. The normalized spacial score (nSPS) is 27.9. The van der Waals surface area contributed by atoms with E-state index < -0.39 is 56.4 Å². The highest BCUT2D eigenvalue weighted by Crippen LogP contribution is 2.41. The molecule has 0 unspecified atom stereocenters. The lowest BCUT2D eigenvalue weighted by molar-refractivity contribution is -0.137. The lowest BCUT2D eigenvalue weighted by Crippen LogP contribution is -2.49. The third-order valence-corrected chi connectivity index (χ3v) is 8.94. The summed E-state index contributed by atoms with van der Waals surface area (Å²) >= 11 is 0. The predicted molar refractivity (Wildman–Crippen MR) is 118 cm³/mol. The summed E-state index contributed by atoms with van der Waals surface area (Å²) in [5.41, 5.74) is -0.0477. The van der Waals surface area contributed by atoms with Gasteiger partial charge in [-0.2, -0.15) is 13.2 Å². The van der Waals surface area contributed by atoms with Gasteiger partial charge >= 0.3 is 6.18 Å². The standard InChI is InChI=1S/C24H26F4N2O3S/c25-23(34(32,33)19-8-4-7-17(15-19)24(26,27)28)13-11-18(12-14-23)29-22(31)21-10-9-20(30-21)16-5-2-1-3-6-16/h1-8,15,18,20-21,30H,9-14H2,(H,29,31)/t18-,20-,21+,23-/m0/s1. The molecule has 1 heterocycles. The molecule has 1 aliphatic heterocycles. The van der Waals surface area contributed by atoms with Gasteiger partial charge in [-0.15, -0.1) is 0 Å². The molecule has 184 valence electrons. The Morgan fingerprint density at radius 3 is 2.29 bits per heavy atom. The number of carbonyl (C=O) groups is 1. The predicted octanol–water partition coefficient (Wildman–Crippen LogP) is 4.70. The fourth-order valence-corrected chi connectivity index (χ4v) is 6.45. The van der Waals surface area contributed by atoms with Gasteiger partial charge in [0.05, 0.1) is 16.5 Å². The number of rotatable bonds is 5. The van der Waals surface area contributed by atoms with Crippen molar-refractivity contribution in [3.05, 3.63) is 65.7 Å². The van der Waals surface area contributed by atoms with E-state index >= 15 is 4.39 Å². The Bertz CT molecular complexity index is 1130. The Hall–Kier alpha value is -2.46. The molecule has 2 N–H and O–H groups in total. The summed E-state index contributed by atoms with van der Waals surface area (Å²) in [5, 5.41) is 3.50. The Kier molecular flexibility index (Phi) is 6.74. The summed E-state index contributed by atoms with van der Waals surface area (Å²) in [6.45, 7) is 0. The van der Waals surface area contributed by atoms with Crippen molar-refractivity contribution in [2.24, 2.45) is 0 Å². The van der Waals surface area contributed by atoms with Crippen LogP contribution < -0.4 is 10.6 Å². The third-order valence-electron chi connectivity index (χ3n) is 6.70. The van der Waals surface area contributed by atoms with Gasteiger partial charge in [-0.1, -0.05) is 36.4 Å². The quantitative estimate of drug-likeness (QED) is 0.587. The second kappa shape index (κ2) is 9.30. The van der Waals surface area contributed by atoms with Crippen molar-refractivity contribution in [3.8, 4) is 0 Å². The molecule has 1 saturated carbocycles. The molecule has 2 aromatic rings. The van der Waals surface area contributed by atoms with Crippen LogP contribution in [0.4, 0.5) is 17.6 Å². The fraction of sp³-hybridized carbons (Fsp3) is 0.458. The zero-order chi connectivity index (χ0) is 24.6. The maximum atomic E-state index is 15.5. The highest BCUT2D eigenvalue weighted by molar-refractivity contribution is 7.92. The molecule has 1 aliphatic carbocycles. The topological polar surface area (TPSA) is 75.3 Å². The number of halogens is 4. The van der Waals surface area contributed by atoms with Gasteiger partial charge in [0, 0.05) is 12.1 Å². The highest BCUT2D eigenvalue weighted by atomic mass is 32.2. The first kappa shape index (κ1) is 24.7. The van der Waals surface area contributed by atoms with E-state index in [-0.39, 0.29) is 24.8 Å². The summed E-state index contributed by atoms with van der Waals surface area (Å²) in [4.78, 5) is 12.0. The van der Waals surface area contributed by atoms with E-state index in [1.807, 2.05) is 30.3 Å². The van der Waals surface area contributed by atoms with Crippen molar-refractivity contribution in [1.82, 2.24) is 10.6 Å². The van der Waals surface area contributed by atoms with Gasteiger partial charge in [0.1, 0.15) is 0 Å². The molecule has 34 heavy (non-hydrogen) atoms. The minimum absolute atomic E-state index is 0.0689. The van der Waals surface area contributed by atoms with Gasteiger partial charge in [-0.3, -0.25) is 10.1 Å². The van der Waals surface area contributed by atoms with E-state index in [2.05, 4.69) is 10.6 Å². The third kappa shape index (κ3) is 4.98. The largest absolute Gasteiger partial charge is 0.416 e. The summed E-state index contributed by atoms with van der Waals surface area (Å²) < 4.78 is 80.2. The molecule has 0 spiro atoms. The minimum Gasteiger partial charge on any atom is -0.352 e. The summed E-state index contributed by atoms with van der Waals surface area (Å²) in [6, 6.07) is 12.2. The van der Waals surface area contributed by atoms with Gasteiger partial charge < -0.3 is 5.32 Å². The Morgan fingerprint density at radius 1 is 0.971 bits per heavy atom. The first-order valence-electron chi connectivity index (χ1n) is 11.2. The maximum absolute atomic E-state index is 15.5. The van der Waals surface area contributed by atoms with E-state index in [0.29, 0.717) is 12.5 Å². The van der Waals surface area contributed by atoms with Gasteiger partial charge in [0.25, 0.3) is 0 Å². The van der Waals surface area contributed by atoms with Gasteiger partial charge in [0.2, 0.25) is 20.7 Å². The van der Waals surface area contributed by atoms with Crippen LogP contribution in [-0.4, -0.2) is 31.4 Å². The number of hydrogen-bond donors (Lipinski definition) is 2. The number of alkyl halides is 4. The smallest absolute Gasteiger partial charge is 0.352 e. The van der Waals surface area contributed by atoms with Crippen LogP contribution in [0.15, 0.2) is 59.5 Å². The zero-order valence-electron chi connectivity index (χ0n) is 18.3. The number of sulfone groups is 1. The van der Waals surface area contributed by atoms with Crippen molar-refractivity contribution in [1.29, 1.82) is 0 Å².